The fourth-order valence-corrected chi connectivity index (χ4v) is 2.00. The molecule has 19 heavy (non-hydrogen) atoms. The number of aromatic nitrogens is 1. The maximum atomic E-state index is 12.4. The van der Waals surface area contributed by atoms with Gasteiger partial charge in [0.15, 0.2) is 0 Å². The average Bonchev–Trinajstić information content (AvgIpc) is 3.19. The third-order valence-electron chi connectivity index (χ3n) is 3.00. The molecular formula is C14H18N2O3. The van der Waals surface area contributed by atoms with Gasteiger partial charge in [0.2, 0.25) is 0 Å². The maximum absolute atomic E-state index is 12.4. The van der Waals surface area contributed by atoms with Crippen molar-refractivity contribution in [3.8, 4) is 0 Å². The molecule has 2 rings (SSSR count). The van der Waals surface area contributed by atoms with Crippen LogP contribution in [0.4, 0.5) is 0 Å². The van der Waals surface area contributed by atoms with Crippen LogP contribution in [0.3, 0.4) is 0 Å². The molecule has 0 atom stereocenters. The molecule has 0 radical (unpaired) electrons. The minimum absolute atomic E-state index is 0.0915. The number of hydrogen-bond acceptors (Lipinski definition) is 3. The molecule has 5 heteroatoms. The van der Waals surface area contributed by atoms with Crippen molar-refractivity contribution in [3.63, 3.8) is 0 Å². The molecule has 0 bridgehead atoms. The molecule has 1 heterocycles. The van der Waals surface area contributed by atoms with Crippen LogP contribution in [0.25, 0.3) is 0 Å². The van der Waals surface area contributed by atoms with E-state index in [0.29, 0.717) is 18.5 Å². The van der Waals surface area contributed by atoms with E-state index < -0.39 is 5.97 Å². The van der Waals surface area contributed by atoms with E-state index in [4.69, 9.17) is 5.11 Å². The van der Waals surface area contributed by atoms with Gasteiger partial charge in [0, 0.05) is 12.6 Å². The third kappa shape index (κ3) is 3.30. The van der Waals surface area contributed by atoms with E-state index in [1.165, 1.54) is 6.07 Å². The van der Waals surface area contributed by atoms with Crippen molar-refractivity contribution in [3.05, 3.63) is 29.6 Å². The van der Waals surface area contributed by atoms with E-state index in [1.807, 2.05) is 4.90 Å². The summed E-state index contributed by atoms with van der Waals surface area (Å²) in [5.41, 5.74) is 0.124. The zero-order valence-corrected chi connectivity index (χ0v) is 11.2. The Kier molecular flexibility index (Phi) is 3.83. The van der Waals surface area contributed by atoms with Gasteiger partial charge in [0.25, 0.3) is 5.91 Å². The lowest BCUT2D eigenvalue weighted by atomic mass is 10.2. The molecule has 0 unspecified atom stereocenters. The predicted molar refractivity (Wildman–Crippen MR) is 70.1 cm³/mol. The van der Waals surface area contributed by atoms with Gasteiger partial charge in [-0.1, -0.05) is 19.9 Å². The van der Waals surface area contributed by atoms with Gasteiger partial charge in [0.1, 0.15) is 11.4 Å². The highest BCUT2D eigenvalue weighted by Crippen LogP contribution is 2.28. The molecule has 0 aliphatic heterocycles. The Morgan fingerprint density at radius 2 is 2.00 bits per heavy atom. The van der Waals surface area contributed by atoms with Crippen molar-refractivity contribution >= 4 is 11.9 Å². The number of pyridine rings is 1. The number of carbonyl (C=O) groups excluding carboxylic acids is 1. The smallest absolute Gasteiger partial charge is 0.354 e. The van der Waals surface area contributed by atoms with Crippen molar-refractivity contribution in [1.82, 2.24) is 9.88 Å². The summed E-state index contributed by atoms with van der Waals surface area (Å²) < 4.78 is 0. The Hall–Kier alpha value is -1.91. The van der Waals surface area contributed by atoms with Gasteiger partial charge in [-0.2, -0.15) is 0 Å². The number of carboxylic acids is 1. The lowest BCUT2D eigenvalue weighted by Gasteiger charge is -2.24. The van der Waals surface area contributed by atoms with Crippen LogP contribution in [0.2, 0.25) is 0 Å². The Morgan fingerprint density at radius 1 is 1.37 bits per heavy atom. The van der Waals surface area contributed by atoms with Crippen molar-refractivity contribution in [1.29, 1.82) is 0 Å². The van der Waals surface area contributed by atoms with Gasteiger partial charge in [-0.25, -0.2) is 9.78 Å². The van der Waals surface area contributed by atoms with E-state index >= 15 is 0 Å². The summed E-state index contributed by atoms with van der Waals surface area (Å²) in [7, 11) is 0. The fraction of sp³-hybridized carbons (Fsp3) is 0.500. The summed E-state index contributed by atoms with van der Waals surface area (Å²) in [4.78, 5) is 29.0. The molecule has 1 amide bonds. The number of amides is 1. The monoisotopic (exact) mass is 262 g/mol. The molecule has 0 aromatic carbocycles. The summed E-state index contributed by atoms with van der Waals surface area (Å²) >= 11 is 0. The van der Waals surface area contributed by atoms with Gasteiger partial charge in [-0.15, -0.1) is 0 Å². The van der Waals surface area contributed by atoms with Crippen molar-refractivity contribution in [2.75, 3.05) is 6.54 Å². The van der Waals surface area contributed by atoms with Crippen LogP contribution in [0.1, 0.15) is 47.7 Å². The Labute approximate surface area is 112 Å². The second kappa shape index (κ2) is 5.38. The van der Waals surface area contributed by atoms with Crippen LogP contribution in [0.5, 0.6) is 0 Å². The molecule has 1 aromatic rings. The van der Waals surface area contributed by atoms with Gasteiger partial charge < -0.3 is 10.0 Å². The zero-order chi connectivity index (χ0) is 14.0. The van der Waals surface area contributed by atoms with E-state index in [-0.39, 0.29) is 17.3 Å². The Bertz CT molecular complexity index is 495. The third-order valence-corrected chi connectivity index (χ3v) is 3.00. The molecule has 1 saturated carbocycles. The van der Waals surface area contributed by atoms with Crippen LogP contribution in [0.15, 0.2) is 18.2 Å². The van der Waals surface area contributed by atoms with Crippen LogP contribution in [0, 0.1) is 5.92 Å². The highest BCUT2D eigenvalue weighted by atomic mass is 16.4. The van der Waals surface area contributed by atoms with Crippen molar-refractivity contribution in [2.24, 2.45) is 5.92 Å². The average molecular weight is 262 g/mol. The number of rotatable bonds is 5. The summed E-state index contributed by atoms with van der Waals surface area (Å²) in [6.45, 7) is 4.80. The molecule has 1 aliphatic carbocycles. The van der Waals surface area contributed by atoms with Crippen LogP contribution < -0.4 is 0 Å². The first-order chi connectivity index (χ1) is 8.99. The molecular weight excluding hydrogens is 244 g/mol. The van der Waals surface area contributed by atoms with Crippen LogP contribution in [-0.2, 0) is 0 Å². The van der Waals surface area contributed by atoms with Crippen LogP contribution >= 0.6 is 0 Å². The molecule has 1 fully saturated rings. The molecule has 0 saturated heterocycles. The minimum Gasteiger partial charge on any atom is -0.477 e. The first-order valence-corrected chi connectivity index (χ1v) is 6.50. The first kappa shape index (κ1) is 13.5. The lowest BCUT2D eigenvalue weighted by molar-refractivity contribution is 0.0689. The van der Waals surface area contributed by atoms with Crippen LogP contribution in [-0.4, -0.2) is 39.5 Å². The quantitative estimate of drug-likeness (QED) is 0.881. The normalized spacial score (nSPS) is 14.5. The summed E-state index contributed by atoms with van der Waals surface area (Å²) in [6, 6.07) is 4.82. The SMILES string of the molecule is CC(C)CN(C(=O)c1cccc(C(=O)O)n1)C1CC1. The molecule has 0 spiro atoms. The topological polar surface area (TPSA) is 70.5 Å². The zero-order valence-electron chi connectivity index (χ0n) is 11.2. The summed E-state index contributed by atoms with van der Waals surface area (Å²) in [5, 5.41) is 8.91. The highest BCUT2D eigenvalue weighted by molar-refractivity contribution is 5.94. The second-order valence-electron chi connectivity index (χ2n) is 5.30. The summed E-state index contributed by atoms with van der Waals surface area (Å²) in [6.07, 6.45) is 2.05. The predicted octanol–water partition coefficient (Wildman–Crippen LogP) is 2.04. The molecule has 102 valence electrons. The number of aromatic carboxylic acids is 1. The summed E-state index contributed by atoms with van der Waals surface area (Å²) in [5.74, 6) is -0.900. The maximum Gasteiger partial charge on any atom is 0.354 e. The number of nitrogens with zero attached hydrogens (tertiary/aromatic N) is 2. The number of carbonyl (C=O) groups is 2. The molecule has 1 N–H and O–H groups in total. The van der Waals surface area contributed by atoms with E-state index in [2.05, 4.69) is 18.8 Å². The standard InChI is InChI=1S/C14H18N2O3/c1-9(2)8-16(10-6-7-10)13(17)11-4-3-5-12(15-11)14(18)19/h3-5,9-10H,6-8H2,1-2H3,(H,18,19). The highest BCUT2D eigenvalue weighted by Gasteiger charge is 2.33. The van der Waals surface area contributed by atoms with Gasteiger partial charge in [0.05, 0.1) is 0 Å². The van der Waals surface area contributed by atoms with E-state index in [0.717, 1.165) is 12.8 Å². The van der Waals surface area contributed by atoms with Gasteiger partial charge in [-0.3, -0.25) is 4.79 Å². The largest absolute Gasteiger partial charge is 0.477 e. The van der Waals surface area contributed by atoms with Gasteiger partial charge in [-0.05, 0) is 30.9 Å². The minimum atomic E-state index is -1.11. The lowest BCUT2D eigenvalue weighted by Crippen LogP contribution is -2.36. The number of hydrogen-bond donors (Lipinski definition) is 1. The van der Waals surface area contributed by atoms with E-state index in [9.17, 15) is 9.59 Å². The number of carboxylic acid groups (broad SMARTS) is 1. The van der Waals surface area contributed by atoms with E-state index in [1.54, 1.807) is 12.1 Å². The Morgan fingerprint density at radius 3 is 2.53 bits per heavy atom. The first-order valence-electron chi connectivity index (χ1n) is 6.50. The van der Waals surface area contributed by atoms with Gasteiger partial charge >= 0.3 is 5.97 Å². The molecule has 1 aliphatic rings. The van der Waals surface area contributed by atoms with Crippen molar-refractivity contribution in [2.45, 2.75) is 32.7 Å². The second-order valence-corrected chi connectivity index (χ2v) is 5.30. The fourth-order valence-electron chi connectivity index (χ4n) is 2.00. The van der Waals surface area contributed by atoms with Crippen molar-refractivity contribution < 1.29 is 14.7 Å². The Balaban J connectivity index is 2.21. The molecule has 5 nitrogen and oxygen atoms in total. The molecule has 1 aromatic heterocycles.